The lowest BCUT2D eigenvalue weighted by Crippen LogP contribution is -2.61. The van der Waals surface area contributed by atoms with Crippen molar-refractivity contribution in [2.45, 2.75) is 168 Å². The van der Waals surface area contributed by atoms with Crippen LogP contribution in [0.1, 0.15) is 119 Å². The summed E-state index contributed by atoms with van der Waals surface area (Å²) in [6.45, 7) is 19.8. The molecule has 3 saturated heterocycles. The van der Waals surface area contributed by atoms with Crippen molar-refractivity contribution < 1.29 is 38.7 Å². The third-order valence-electron chi connectivity index (χ3n) is 17.7. The van der Waals surface area contributed by atoms with E-state index in [0.717, 1.165) is 65.0 Å². The molecule has 14 atom stereocenters. The second kappa shape index (κ2) is 11.8. The van der Waals surface area contributed by atoms with Crippen molar-refractivity contribution in [2.75, 3.05) is 32.9 Å². The van der Waals surface area contributed by atoms with Crippen LogP contribution >= 0.6 is 0 Å². The monoisotopic (exact) mass is 713 g/mol. The third kappa shape index (κ3) is 5.13. The number of morpholine rings is 1. The SMILES string of the molecule is C[C@@H]1CC([C@H](O)C(C)(C)O)OC2[C@H]1C1(C)CCC34CC35CC[C@H](OC3CN(C6COC6)CCO3)C(C)(C)[C@@H]5CCC4[C@]1(C)[C@H]2OC(=O)CC1CC1. The first kappa shape index (κ1) is 35.9. The highest BCUT2D eigenvalue weighted by Gasteiger charge is 2.85. The molecule has 3 aliphatic heterocycles. The van der Waals surface area contributed by atoms with Gasteiger partial charge in [0.25, 0.3) is 0 Å². The van der Waals surface area contributed by atoms with Gasteiger partial charge in [0.1, 0.15) is 12.2 Å². The Kier molecular flexibility index (Phi) is 8.33. The van der Waals surface area contributed by atoms with E-state index in [4.69, 9.17) is 23.7 Å². The highest BCUT2D eigenvalue weighted by molar-refractivity contribution is 5.70. The van der Waals surface area contributed by atoms with Crippen molar-refractivity contribution in [3.8, 4) is 0 Å². The Bertz CT molecular complexity index is 1370. The Hall–Kier alpha value is -0.810. The minimum Gasteiger partial charge on any atom is -0.459 e. The number of aliphatic hydroxyl groups is 2. The number of esters is 1. The topological polar surface area (TPSA) is 107 Å². The van der Waals surface area contributed by atoms with Crippen LogP contribution in [-0.2, 0) is 28.5 Å². The Morgan fingerprint density at radius 2 is 1.73 bits per heavy atom. The molecule has 6 saturated carbocycles. The smallest absolute Gasteiger partial charge is 0.306 e. The van der Waals surface area contributed by atoms with Crippen molar-refractivity contribution >= 4 is 5.97 Å². The molecule has 0 aromatic carbocycles. The molecule has 0 aromatic rings. The summed E-state index contributed by atoms with van der Waals surface area (Å²) in [5.41, 5.74) is -0.977. The number of nitrogens with zero attached hydrogens (tertiary/aromatic N) is 1. The maximum absolute atomic E-state index is 13.7. The molecule has 9 fully saturated rings. The second-order valence-corrected chi connectivity index (χ2v) is 20.9. The zero-order valence-corrected chi connectivity index (χ0v) is 32.5. The molecule has 0 aromatic heterocycles. The fourth-order valence-corrected chi connectivity index (χ4v) is 14.8. The van der Waals surface area contributed by atoms with E-state index in [1.165, 1.54) is 25.7 Å². The standard InChI is InChI=1S/C42H67NO8/c1-24-18-27(35(45)38(4,5)46)49-34-33(24)39(6)14-15-42-23-41(42)13-12-30(50-32-20-43(16-17-48-32)26-21-47-22-26)37(2,3)28(41)10-11-29(42)40(39,7)36(34)51-31(44)19-25-8-9-25/h24-30,32-36,45-46H,8-23H2,1-7H3/t24-,27?,28+,29?,30+,32?,33+,34?,35+,36+,39?,40-,41?,42?/m1/s1. The summed E-state index contributed by atoms with van der Waals surface area (Å²) in [4.78, 5) is 16.2. The first-order chi connectivity index (χ1) is 24.0. The van der Waals surface area contributed by atoms with Crippen LogP contribution in [0, 0.1) is 56.7 Å². The van der Waals surface area contributed by atoms with Crippen molar-refractivity contribution in [2.24, 2.45) is 56.7 Å². The molecule has 9 heteroatoms. The maximum Gasteiger partial charge on any atom is 0.306 e. The summed E-state index contributed by atoms with van der Waals surface area (Å²) in [7, 11) is 0. The molecule has 2 spiro atoms. The summed E-state index contributed by atoms with van der Waals surface area (Å²) >= 11 is 0. The summed E-state index contributed by atoms with van der Waals surface area (Å²) < 4.78 is 32.5. The zero-order chi connectivity index (χ0) is 35.9. The quantitative estimate of drug-likeness (QED) is 0.306. The number of fused-ring (bicyclic) bond motifs is 4. The van der Waals surface area contributed by atoms with Gasteiger partial charge in [-0.1, -0.05) is 34.6 Å². The highest BCUT2D eigenvalue weighted by atomic mass is 16.7. The minimum absolute atomic E-state index is 0.0392. The van der Waals surface area contributed by atoms with Gasteiger partial charge >= 0.3 is 5.97 Å². The lowest BCUT2D eigenvalue weighted by molar-refractivity contribution is -0.256. The van der Waals surface area contributed by atoms with Gasteiger partial charge < -0.3 is 33.9 Å². The van der Waals surface area contributed by atoms with E-state index in [2.05, 4.69) is 39.5 Å². The molecule has 9 rings (SSSR count). The van der Waals surface area contributed by atoms with E-state index < -0.39 is 17.8 Å². The van der Waals surface area contributed by atoms with Gasteiger partial charge in [-0.15, -0.1) is 0 Å². The van der Waals surface area contributed by atoms with Crippen molar-refractivity contribution in [3.05, 3.63) is 0 Å². The number of hydrogen-bond acceptors (Lipinski definition) is 9. The van der Waals surface area contributed by atoms with E-state index in [1.807, 2.05) is 0 Å². The first-order valence-corrected chi connectivity index (χ1v) is 20.9. The molecule has 9 nitrogen and oxygen atoms in total. The zero-order valence-electron chi connectivity index (χ0n) is 32.5. The first-order valence-electron chi connectivity index (χ1n) is 20.9. The van der Waals surface area contributed by atoms with E-state index in [0.29, 0.717) is 42.1 Å². The Balaban J connectivity index is 1.00. The van der Waals surface area contributed by atoms with Crippen LogP contribution in [0.25, 0.3) is 0 Å². The van der Waals surface area contributed by atoms with E-state index >= 15 is 0 Å². The molecule has 0 bridgehead atoms. The van der Waals surface area contributed by atoms with Crippen LogP contribution in [0.4, 0.5) is 0 Å². The molecule has 288 valence electrons. The molecular weight excluding hydrogens is 646 g/mol. The number of aliphatic hydroxyl groups excluding tert-OH is 1. The number of ether oxygens (including phenoxy) is 5. The van der Waals surface area contributed by atoms with Crippen molar-refractivity contribution in [3.63, 3.8) is 0 Å². The molecule has 0 amide bonds. The fraction of sp³-hybridized carbons (Fsp3) is 0.976. The molecule has 9 aliphatic rings. The van der Waals surface area contributed by atoms with Crippen LogP contribution in [0.3, 0.4) is 0 Å². The van der Waals surface area contributed by atoms with Crippen LogP contribution < -0.4 is 0 Å². The largest absolute Gasteiger partial charge is 0.459 e. The van der Waals surface area contributed by atoms with E-state index in [1.54, 1.807) is 13.8 Å². The van der Waals surface area contributed by atoms with Gasteiger partial charge in [-0.2, -0.15) is 0 Å². The molecule has 0 radical (unpaired) electrons. The normalized spacial score (nSPS) is 51.2. The minimum atomic E-state index is -1.28. The van der Waals surface area contributed by atoms with Gasteiger partial charge in [0.05, 0.1) is 56.3 Å². The number of carbonyl (C=O) groups is 1. The molecule has 6 aliphatic carbocycles. The van der Waals surface area contributed by atoms with Gasteiger partial charge in [-0.05, 0) is 129 Å². The Morgan fingerprint density at radius 1 is 1.00 bits per heavy atom. The van der Waals surface area contributed by atoms with Gasteiger partial charge in [-0.25, -0.2) is 0 Å². The number of hydrogen-bond donors (Lipinski definition) is 2. The van der Waals surface area contributed by atoms with Gasteiger partial charge in [0.15, 0.2) is 6.29 Å². The number of rotatable bonds is 8. The molecule has 3 heterocycles. The Labute approximate surface area is 306 Å². The fourth-order valence-electron chi connectivity index (χ4n) is 14.8. The molecule has 51 heavy (non-hydrogen) atoms. The van der Waals surface area contributed by atoms with Crippen LogP contribution in [0.5, 0.6) is 0 Å². The lowest BCUT2D eigenvalue weighted by Gasteiger charge is -2.64. The highest BCUT2D eigenvalue weighted by Crippen LogP contribution is 2.89. The average molecular weight is 714 g/mol. The van der Waals surface area contributed by atoms with Crippen molar-refractivity contribution in [1.29, 1.82) is 0 Å². The van der Waals surface area contributed by atoms with Crippen LogP contribution in [0.15, 0.2) is 0 Å². The molecule has 7 unspecified atom stereocenters. The van der Waals surface area contributed by atoms with Crippen LogP contribution in [0.2, 0.25) is 0 Å². The second-order valence-electron chi connectivity index (χ2n) is 20.9. The average Bonchev–Trinajstić information content (AvgIpc) is 3.95. The Morgan fingerprint density at radius 3 is 2.41 bits per heavy atom. The van der Waals surface area contributed by atoms with Crippen LogP contribution in [-0.4, -0.2) is 102 Å². The van der Waals surface area contributed by atoms with Gasteiger partial charge in [0, 0.05) is 18.4 Å². The third-order valence-corrected chi connectivity index (χ3v) is 17.7. The summed E-state index contributed by atoms with van der Waals surface area (Å²) in [5.74, 6) is 1.94. The molecule has 2 N–H and O–H groups in total. The van der Waals surface area contributed by atoms with Gasteiger partial charge in [0.2, 0.25) is 0 Å². The summed E-state index contributed by atoms with van der Waals surface area (Å²) in [5, 5.41) is 22.2. The predicted molar refractivity (Wildman–Crippen MR) is 190 cm³/mol. The summed E-state index contributed by atoms with van der Waals surface area (Å²) in [6.07, 6.45) is 9.53. The maximum atomic E-state index is 13.7. The van der Waals surface area contributed by atoms with E-state index in [-0.39, 0.29) is 64.1 Å². The summed E-state index contributed by atoms with van der Waals surface area (Å²) in [6, 6.07) is 0.504. The lowest BCUT2D eigenvalue weighted by atomic mass is 9.41. The predicted octanol–water partition coefficient (Wildman–Crippen LogP) is 5.72. The van der Waals surface area contributed by atoms with Gasteiger partial charge in [-0.3, -0.25) is 9.69 Å². The molecular formula is C42H67NO8. The van der Waals surface area contributed by atoms with E-state index in [9.17, 15) is 15.0 Å². The van der Waals surface area contributed by atoms with Crippen molar-refractivity contribution in [1.82, 2.24) is 4.90 Å². The number of carbonyl (C=O) groups excluding carboxylic acids is 1.